The summed E-state index contributed by atoms with van der Waals surface area (Å²) in [6, 6.07) is 2.15. The monoisotopic (exact) mass is 354 g/mol. The molecule has 0 saturated carbocycles. The van der Waals surface area contributed by atoms with Gasteiger partial charge in [0.05, 0.1) is 3.79 Å². The second-order valence-corrected chi connectivity index (χ2v) is 6.93. The van der Waals surface area contributed by atoms with Gasteiger partial charge >= 0.3 is 0 Å². The van der Waals surface area contributed by atoms with Gasteiger partial charge in [-0.15, -0.1) is 11.3 Å². The van der Waals surface area contributed by atoms with Crippen LogP contribution in [-0.4, -0.2) is 24.1 Å². The molecule has 2 heterocycles. The lowest BCUT2D eigenvalue weighted by molar-refractivity contribution is 0.845. The summed E-state index contributed by atoms with van der Waals surface area (Å²) >= 11 is 5.21. The molecule has 108 valence electrons. The maximum Gasteiger partial charge on any atom is 0.137 e. The Balaban J connectivity index is 2.26. The second kappa shape index (κ2) is 7.04. The molecule has 0 radical (unpaired) electrons. The van der Waals surface area contributed by atoms with E-state index in [2.05, 4.69) is 61.5 Å². The van der Waals surface area contributed by atoms with E-state index in [9.17, 15) is 0 Å². The summed E-state index contributed by atoms with van der Waals surface area (Å²) in [7, 11) is 3.98. The third-order valence-electron chi connectivity index (χ3n) is 3.06. The van der Waals surface area contributed by atoms with Crippen molar-refractivity contribution in [1.29, 1.82) is 0 Å². The van der Waals surface area contributed by atoms with Gasteiger partial charge < -0.3 is 10.2 Å². The smallest absolute Gasteiger partial charge is 0.137 e. The van der Waals surface area contributed by atoms with E-state index in [1.165, 1.54) is 11.1 Å². The topological polar surface area (TPSA) is 41.1 Å². The molecule has 2 aromatic rings. The summed E-state index contributed by atoms with van der Waals surface area (Å²) in [6.07, 6.45) is 3.68. The van der Waals surface area contributed by atoms with Gasteiger partial charge in [-0.2, -0.15) is 0 Å². The van der Waals surface area contributed by atoms with E-state index in [4.69, 9.17) is 0 Å². The summed E-state index contributed by atoms with van der Waals surface area (Å²) < 4.78 is 1.16. The predicted molar refractivity (Wildman–Crippen MR) is 89.7 cm³/mol. The molecule has 20 heavy (non-hydrogen) atoms. The average molecular weight is 355 g/mol. The lowest BCUT2D eigenvalue weighted by Gasteiger charge is -2.22. The molecule has 0 unspecified atom stereocenters. The molecule has 0 atom stereocenters. The van der Waals surface area contributed by atoms with Crippen LogP contribution in [0.15, 0.2) is 21.6 Å². The Hall–Kier alpha value is -1.14. The molecule has 0 amide bonds. The summed E-state index contributed by atoms with van der Waals surface area (Å²) in [5.74, 6) is 1.93. The Labute approximate surface area is 132 Å². The number of nitrogens with zero attached hydrogens (tertiary/aromatic N) is 3. The Morgan fingerprint density at radius 3 is 2.80 bits per heavy atom. The van der Waals surface area contributed by atoms with Crippen LogP contribution in [0.25, 0.3) is 0 Å². The molecule has 1 N–H and O–H groups in total. The van der Waals surface area contributed by atoms with Crippen LogP contribution in [0.4, 0.5) is 11.6 Å². The minimum Gasteiger partial charge on any atom is -0.373 e. The number of nitrogens with one attached hydrogen (secondary N) is 1. The normalized spacial score (nSPS) is 10.6. The van der Waals surface area contributed by atoms with Gasteiger partial charge in [-0.05, 0) is 39.4 Å². The van der Waals surface area contributed by atoms with Gasteiger partial charge in [-0.1, -0.05) is 13.3 Å². The fourth-order valence-corrected chi connectivity index (χ4v) is 3.41. The van der Waals surface area contributed by atoms with Gasteiger partial charge in [-0.3, -0.25) is 0 Å². The molecular formula is C14H19BrN4S. The fourth-order valence-electron chi connectivity index (χ4n) is 2.21. The number of hydrogen-bond acceptors (Lipinski definition) is 5. The molecular weight excluding hydrogens is 336 g/mol. The molecule has 0 aliphatic rings. The number of halogens is 1. The molecule has 0 aromatic carbocycles. The SMILES string of the molecule is CCCc1c(NC)ncnc1N(C)Cc1csc(Br)c1. The molecule has 0 saturated heterocycles. The minimum atomic E-state index is 0.846. The van der Waals surface area contributed by atoms with E-state index in [-0.39, 0.29) is 0 Å². The number of rotatable bonds is 6. The molecule has 2 aromatic heterocycles. The maximum atomic E-state index is 4.48. The van der Waals surface area contributed by atoms with Crippen LogP contribution in [0.3, 0.4) is 0 Å². The van der Waals surface area contributed by atoms with Crippen LogP contribution in [0.1, 0.15) is 24.5 Å². The molecule has 6 heteroatoms. The van der Waals surface area contributed by atoms with Crippen LogP contribution in [0, 0.1) is 0 Å². The van der Waals surface area contributed by atoms with Crippen molar-refractivity contribution in [2.45, 2.75) is 26.3 Å². The van der Waals surface area contributed by atoms with Gasteiger partial charge in [0.25, 0.3) is 0 Å². The Morgan fingerprint density at radius 2 is 2.20 bits per heavy atom. The first-order chi connectivity index (χ1) is 9.65. The van der Waals surface area contributed by atoms with Crippen LogP contribution in [0.5, 0.6) is 0 Å². The third kappa shape index (κ3) is 3.49. The number of thiophene rings is 1. The first-order valence-corrected chi connectivity index (χ1v) is 8.28. The van der Waals surface area contributed by atoms with Gasteiger partial charge in [0.1, 0.15) is 18.0 Å². The number of hydrogen-bond donors (Lipinski definition) is 1. The fraction of sp³-hybridized carbons (Fsp3) is 0.429. The zero-order chi connectivity index (χ0) is 14.5. The second-order valence-electron chi connectivity index (χ2n) is 4.64. The van der Waals surface area contributed by atoms with Crippen molar-refractivity contribution < 1.29 is 0 Å². The molecule has 2 rings (SSSR count). The highest BCUT2D eigenvalue weighted by atomic mass is 79.9. The van der Waals surface area contributed by atoms with Crippen molar-refractivity contribution in [3.05, 3.63) is 32.7 Å². The molecule has 0 aliphatic carbocycles. The van der Waals surface area contributed by atoms with Crippen LogP contribution in [-0.2, 0) is 13.0 Å². The van der Waals surface area contributed by atoms with Crippen molar-refractivity contribution in [2.24, 2.45) is 0 Å². The maximum absolute atomic E-state index is 4.48. The van der Waals surface area contributed by atoms with Crippen LogP contribution < -0.4 is 10.2 Å². The Kier molecular flexibility index (Phi) is 5.37. The van der Waals surface area contributed by atoms with E-state index in [0.717, 1.165) is 34.8 Å². The Bertz CT molecular complexity index is 570. The largest absolute Gasteiger partial charge is 0.373 e. The lowest BCUT2D eigenvalue weighted by Crippen LogP contribution is -2.20. The molecule has 0 fully saturated rings. The van der Waals surface area contributed by atoms with E-state index in [0.29, 0.717) is 0 Å². The first-order valence-electron chi connectivity index (χ1n) is 6.61. The van der Waals surface area contributed by atoms with Crippen LogP contribution in [0.2, 0.25) is 0 Å². The quantitative estimate of drug-likeness (QED) is 0.852. The average Bonchev–Trinajstić information content (AvgIpc) is 2.84. The van der Waals surface area contributed by atoms with E-state index in [1.54, 1.807) is 17.7 Å². The highest BCUT2D eigenvalue weighted by Crippen LogP contribution is 2.27. The highest BCUT2D eigenvalue weighted by Gasteiger charge is 2.14. The van der Waals surface area contributed by atoms with Gasteiger partial charge in [0.2, 0.25) is 0 Å². The predicted octanol–water partition coefficient (Wildman–Crippen LogP) is 3.93. The lowest BCUT2D eigenvalue weighted by atomic mass is 10.1. The van der Waals surface area contributed by atoms with E-state index < -0.39 is 0 Å². The van der Waals surface area contributed by atoms with Gasteiger partial charge in [0.15, 0.2) is 0 Å². The Morgan fingerprint density at radius 1 is 1.40 bits per heavy atom. The zero-order valence-corrected chi connectivity index (χ0v) is 14.4. The molecule has 4 nitrogen and oxygen atoms in total. The summed E-state index contributed by atoms with van der Waals surface area (Å²) in [4.78, 5) is 11.0. The third-order valence-corrected chi connectivity index (χ3v) is 4.62. The number of anilines is 2. The first kappa shape index (κ1) is 15.3. The number of aromatic nitrogens is 2. The van der Waals surface area contributed by atoms with E-state index >= 15 is 0 Å². The van der Waals surface area contributed by atoms with Gasteiger partial charge in [0, 0.05) is 26.2 Å². The zero-order valence-electron chi connectivity index (χ0n) is 12.0. The van der Waals surface area contributed by atoms with Crippen molar-refractivity contribution in [3.8, 4) is 0 Å². The van der Waals surface area contributed by atoms with Crippen LogP contribution >= 0.6 is 27.3 Å². The summed E-state index contributed by atoms with van der Waals surface area (Å²) in [5.41, 5.74) is 2.48. The van der Waals surface area contributed by atoms with E-state index in [1.807, 2.05) is 7.05 Å². The van der Waals surface area contributed by atoms with Crippen molar-refractivity contribution in [3.63, 3.8) is 0 Å². The summed E-state index contributed by atoms with van der Waals surface area (Å²) in [5, 5.41) is 5.33. The minimum absolute atomic E-state index is 0.846. The van der Waals surface area contributed by atoms with Crippen molar-refractivity contribution in [2.75, 3.05) is 24.3 Å². The van der Waals surface area contributed by atoms with Crippen molar-refractivity contribution >= 4 is 38.9 Å². The van der Waals surface area contributed by atoms with Crippen molar-refractivity contribution in [1.82, 2.24) is 9.97 Å². The standard InChI is InChI=1S/C14H19BrN4S/c1-4-5-11-13(16-2)17-9-18-14(11)19(3)7-10-6-12(15)20-8-10/h6,8-9H,4-5,7H2,1-3H3,(H,16,17,18). The summed E-state index contributed by atoms with van der Waals surface area (Å²) in [6.45, 7) is 3.02. The highest BCUT2D eigenvalue weighted by molar-refractivity contribution is 9.11. The van der Waals surface area contributed by atoms with Gasteiger partial charge in [-0.25, -0.2) is 9.97 Å². The molecule has 0 bridgehead atoms. The molecule has 0 aliphatic heterocycles. The molecule has 0 spiro atoms.